The maximum absolute atomic E-state index is 2.45. The summed E-state index contributed by atoms with van der Waals surface area (Å²) in [5.74, 6) is 0. The maximum Gasteiger partial charge on any atom is 0.139 e. The molecule has 0 spiro atoms. The fourth-order valence-electron chi connectivity index (χ4n) is 3.11. The van der Waals surface area contributed by atoms with Crippen LogP contribution < -0.4 is 5.32 Å². The average Bonchev–Trinajstić information content (AvgIpc) is 3.11. The van der Waals surface area contributed by atoms with Gasteiger partial charge in [0.15, 0.2) is 0 Å². The Labute approximate surface area is 122 Å². The highest BCUT2D eigenvalue weighted by Gasteiger charge is 2.30. The first-order chi connectivity index (χ1) is 9.93. The van der Waals surface area contributed by atoms with Crippen LogP contribution in [0.5, 0.6) is 0 Å². The van der Waals surface area contributed by atoms with Gasteiger partial charge in [-0.2, -0.15) is 0 Å². The first-order valence-corrected chi connectivity index (χ1v) is 7.85. The lowest BCUT2D eigenvalue weighted by atomic mass is 10.1. The molecular weight excluding hydrogens is 262 g/mol. The van der Waals surface area contributed by atoms with Crippen molar-refractivity contribution in [1.82, 2.24) is 0 Å². The minimum atomic E-state index is 0.435. The molecule has 0 saturated heterocycles. The number of rotatable bonds is 3. The Morgan fingerprint density at radius 2 is 1.45 bits per heavy atom. The van der Waals surface area contributed by atoms with E-state index in [0.29, 0.717) is 6.04 Å². The van der Waals surface area contributed by atoms with Crippen molar-refractivity contribution in [3.63, 3.8) is 0 Å². The molecule has 3 aromatic rings. The molecular formula is C18H16NS+. The molecule has 0 aliphatic heterocycles. The van der Waals surface area contributed by atoms with Crippen molar-refractivity contribution < 1.29 is 5.32 Å². The second kappa shape index (κ2) is 4.89. The Hall–Kier alpha value is -1.90. The third kappa shape index (κ3) is 1.89. The Balaban J connectivity index is 1.72. The molecule has 1 aliphatic carbocycles. The summed E-state index contributed by atoms with van der Waals surface area (Å²) < 4.78 is 0. The van der Waals surface area contributed by atoms with Gasteiger partial charge in [-0.1, -0.05) is 54.6 Å². The maximum atomic E-state index is 2.45. The topological polar surface area (TPSA) is 16.6 Å². The van der Waals surface area contributed by atoms with Crippen molar-refractivity contribution in [1.29, 1.82) is 0 Å². The summed E-state index contributed by atoms with van der Waals surface area (Å²) in [4.78, 5) is 1.44. The third-order valence-corrected chi connectivity index (χ3v) is 4.92. The molecule has 2 aromatic carbocycles. The molecule has 1 nitrogen and oxygen atoms in total. The molecule has 20 heavy (non-hydrogen) atoms. The van der Waals surface area contributed by atoms with Crippen molar-refractivity contribution in [3.8, 4) is 11.1 Å². The van der Waals surface area contributed by atoms with E-state index in [-0.39, 0.29) is 0 Å². The normalized spacial score (nSPS) is 13.2. The fraction of sp³-hybridized carbons (Fsp3) is 0.111. The summed E-state index contributed by atoms with van der Waals surface area (Å²) in [5, 5.41) is 4.61. The van der Waals surface area contributed by atoms with E-state index in [1.165, 1.54) is 27.1 Å². The summed E-state index contributed by atoms with van der Waals surface area (Å²) in [6.45, 7) is 1.05. The van der Waals surface area contributed by atoms with E-state index < -0.39 is 0 Å². The van der Waals surface area contributed by atoms with E-state index in [2.05, 4.69) is 71.4 Å². The fourth-order valence-corrected chi connectivity index (χ4v) is 3.79. The Morgan fingerprint density at radius 3 is 2.05 bits per heavy atom. The molecule has 2 N–H and O–H groups in total. The van der Waals surface area contributed by atoms with Crippen LogP contribution in [0.1, 0.15) is 22.0 Å². The molecule has 1 aromatic heterocycles. The van der Waals surface area contributed by atoms with Crippen molar-refractivity contribution in [2.75, 3.05) is 0 Å². The molecule has 0 atom stereocenters. The van der Waals surface area contributed by atoms with Crippen LogP contribution in [0.25, 0.3) is 11.1 Å². The highest BCUT2D eigenvalue weighted by molar-refractivity contribution is 7.09. The Bertz CT molecular complexity index is 685. The van der Waals surface area contributed by atoms with E-state index in [9.17, 15) is 0 Å². The minimum absolute atomic E-state index is 0.435. The van der Waals surface area contributed by atoms with Gasteiger partial charge in [0.25, 0.3) is 0 Å². The summed E-state index contributed by atoms with van der Waals surface area (Å²) in [6, 6.07) is 22.4. The second-order valence-corrected chi connectivity index (χ2v) is 6.20. The van der Waals surface area contributed by atoms with Crippen LogP contribution in [0, 0.1) is 0 Å². The average molecular weight is 278 g/mol. The van der Waals surface area contributed by atoms with Crippen molar-refractivity contribution in [2.45, 2.75) is 12.6 Å². The molecule has 0 radical (unpaired) electrons. The number of hydrogen-bond acceptors (Lipinski definition) is 1. The number of fused-ring (bicyclic) bond motifs is 3. The van der Waals surface area contributed by atoms with Crippen LogP contribution in [-0.2, 0) is 6.54 Å². The molecule has 0 bridgehead atoms. The highest BCUT2D eigenvalue weighted by Crippen LogP contribution is 2.41. The number of nitrogens with two attached hydrogens (primary N) is 1. The van der Waals surface area contributed by atoms with Gasteiger partial charge in [0.2, 0.25) is 0 Å². The Morgan fingerprint density at radius 1 is 0.800 bits per heavy atom. The van der Waals surface area contributed by atoms with Gasteiger partial charge in [-0.25, -0.2) is 0 Å². The zero-order chi connectivity index (χ0) is 13.4. The van der Waals surface area contributed by atoms with Crippen molar-refractivity contribution in [3.05, 3.63) is 82.0 Å². The van der Waals surface area contributed by atoms with Gasteiger partial charge in [0.1, 0.15) is 12.6 Å². The monoisotopic (exact) mass is 278 g/mol. The molecule has 0 saturated carbocycles. The minimum Gasteiger partial charge on any atom is -0.332 e. The summed E-state index contributed by atoms with van der Waals surface area (Å²) >= 11 is 1.84. The molecule has 0 amide bonds. The highest BCUT2D eigenvalue weighted by atomic mass is 32.1. The first kappa shape index (κ1) is 11.9. The van der Waals surface area contributed by atoms with E-state index in [1.54, 1.807) is 0 Å². The quantitative estimate of drug-likeness (QED) is 0.754. The van der Waals surface area contributed by atoms with E-state index in [0.717, 1.165) is 6.54 Å². The number of hydrogen-bond donors (Lipinski definition) is 1. The predicted molar refractivity (Wildman–Crippen MR) is 83.7 cm³/mol. The SMILES string of the molecule is c1csc(C[NH2+]C2c3ccccc3-c3ccccc32)c1. The summed E-state index contributed by atoms with van der Waals surface area (Å²) in [5.41, 5.74) is 5.70. The van der Waals surface area contributed by atoms with Gasteiger partial charge in [0.05, 0.1) is 4.88 Å². The third-order valence-electron chi connectivity index (χ3n) is 4.02. The second-order valence-electron chi connectivity index (χ2n) is 5.17. The van der Waals surface area contributed by atoms with Gasteiger partial charge in [0, 0.05) is 11.1 Å². The van der Waals surface area contributed by atoms with Gasteiger partial charge in [-0.15, -0.1) is 11.3 Å². The smallest absolute Gasteiger partial charge is 0.139 e. The lowest BCUT2D eigenvalue weighted by Crippen LogP contribution is -2.83. The lowest BCUT2D eigenvalue weighted by Gasteiger charge is -2.11. The van der Waals surface area contributed by atoms with Crippen molar-refractivity contribution in [2.24, 2.45) is 0 Å². The molecule has 98 valence electrons. The van der Waals surface area contributed by atoms with E-state index in [4.69, 9.17) is 0 Å². The standard InChI is InChI=1S/C18H15NS/c1-3-9-16-14(7-1)15-8-2-4-10-17(15)18(16)19-12-13-6-5-11-20-13/h1-11,18-19H,12H2/p+1. The molecule has 2 heteroatoms. The van der Waals surface area contributed by atoms with E-state index in [1.807, 2.05) is 11.3 Å². The van der Waals surface area contributed by atoms with Crippen molar-refractivity contribution >= 4 is 11.3 Å². The number of benzene rings is 2. The van der Waals surface area contributed by atoms with Crippen LogP contribution in [0.3, 0.4) is 0 Å². The van der Waals surface area contributed by atoms with Gasteiger partial charge in [-0.05, 0) is 22.6 Å². The predicted octanol–water partition coefficient (Wildman–Crippen LogP) is 3.58. The number of thiophene rings is 1. The van der Waals surface area contributed by atoms with Crippen LogP contribution in [0.2, 0.25) is 0 Å². The number of quaternary nitrogens is 1. The summed E-state index contributed by atoms with van der Waals surface area (Å²) in [6.07, 6.45) is 0. The van der Waals surface area contributed by atoms with Crippen LogP contribution in [-0.4, -0.2) is 0 Å². The zero-order valence-electron chi connectivity index (χ0n) is 11.1. The largest absolute Gasteiger partial charge is 0.332 e. The van der Waals surface area contributed by atoms with Crippen LogP contribution >= 0.6 is 11.3 Å². The summed E-state index contributed by atoms with van der Waals surface area (Å²) in [7, 11) is 0. The first-order valence-electron chi connectivity index (χ1n) is 6.97. The van der Waals surface area contributed by atoms with Crippen LogP contribution in [0.4, 0.5) is 0 Å². The van der Waals surface area contributed by atoms with Crippen LogP contribution in [0.15, 0.2) is 66.0 Å². The molecule has 4 rings (SSSR count). The van der Waals surface area contributed by atoms with Gasteiger partial charge >= 0.3 is 0 Å². The zero-order valence-corrected chi connectivity index (χ0v) is 11.9. The van der Waals surface area contributed by atoms with Gasteiger partial charge in [-0.3, -0.25) is 0 Å². The molecule has 0 unspecified atom stereocenters. The van der Waals surface area contributed by atoms with Gasteiger partial charge < -0.3 is 5.32 Å². The molecule has 1 aliphatic rings. The Kier molecular flexibility index (Phi) is 2.91. The molecule has 1 heterocycles. The molecule has 0 fully saturated rings. The lowest BCUT2D eigenvalue weighted by molar-refractivity contribution is -0.701. The van der Waals surface area contributed by atoms with E-state index >= 15 is 0 Å².